The number of halogens is 3. The van der Waals surface area contributed by atoms with Crippen molar-refractivity contribution >= 4 is 5.91 Å². The monoisotopic (exact) mass is 272 g/mol. The third kappa shape index (κ3) is 5.29. The number of hydrogen-bond donors (Lipinski definition) is 1. The first-order valence-corrected chi connectivity index (χ1v) is 5.33. The van der Waals surface area contributed by atoms with Crippen LogP contribution < -0.4 is 10.1 Å². The van der Waals surface area contributed by atoms with Crippen LogP contribution in [0.2, 0.25) is 0 Å². The zero-order valence-electron chi connectivity index (χ0n) is 9.99. The second-order valence-electron chi connectivity index (χ2n) is 3.73. The summed E-state index contributed by atoms with van der Waals surface area (Å²) in [5.41, 5.74) is 0.418. The van der Waals surface area contributed by atoms with Crippen LogP contribution in [0.15, 0.2) is 24.3 Å². The van der Waals surface area contributed by atoms with E-state index in [9.17, 15) is 18.0 Å². The average molecular weight is 272 g/mol. The van der Waals surface area contributed by atoms with Gasteiger partial charge in [-0.3, -0.25) is 4.79 Å². The number of nitrogens with zero attached hydrogens (tertiary/aromatic N) is 1. The standard InChI is InChI=1S/C12H11F3N2O2/c1-8(11(18)17-7-12(13,14)15)19-10-4-2-9(6-16)3-5-10/h2-5,8H,7H2,1H3,(H,17,18). The van der Waals surface area contributed by atoms with Crippen LogP contribution in [0.4, 0.5) is 13.2 Å². The number of nitriles is 1. The van der Waals surface area contributed by atoms with E-state index in [1.165, 1.54) is 31.2 Å². The number of amides is 1. The molecule has 0 radical (unpaired) electrons. The molecule has 1 atom stereocenters. The molecule has 102 valence electrons. The molecule has 0 aromatic heterocycles. The van der Waals surface area contributed by atoms with E-state index in [0.717, 1.165) is 0 Å². The van der Waals surface area contributed by atoms with Crippen molar-refractivity contribution in [3.63, 3.8) is 0 Å². The van der Waals surface area contributed by atoms with Crippen LogP contribution in [-0.4, -0.2) is 24.7 Å². The Morgan fingerprint density at radius 2 is 2.00 bits per heavy atom. The summed E-state index contributed by atoms with van der Waals surface area (Å²) in [6, 6.07) is 7.80. The first kappa shape index (κ1) is 14.8. The largest absolute Gasteiger partial charge is 0.481 e. The highest BCUT2D eigenvalue weighted by Gasteiger charge is 2.29. The Morgan fingerprint density at radius 1 is 1.42 bits per heavy atom. The Kier molecular flexibility index (Phi) is 4.75. The minimum absolute atomic E-state index is 0.300. The molecule has 1 N–H and O–H groups in total. The first-order valence-electron chi connectivity index (χ1n) is 5.33. The zero-order valence-corrected chi connectivity index (χ0v) is 9.99. The summed E-state index contributed by atoms with van der Waals surface area (Å²) in [5, 5.41) is 10.3. The number of ether oxygens (including phenoxy) is 1. The van der Waals surface area contributed by atoms with E-state index >= 15 is 0 Å². The van der Waals surface area contributed by atoms with Crippen LogP contribution >= 0.6 is 0 Å². The maximum Gasteiger partial charge on any atom is 0.405 e. The Morgan fingerprint density at radius 3 is 2.47 bits per heavy atom. The molecule has 7 heteroatoms. The van der Waals surface area contributed by atoms with Gasteiger partial charge in [-0.25, -0.2) is 0 Å². The van der Waals surface area contributed by atoms with Gasteiger partial charge < -0.3 is 10.1 Å². The summed E-state index contributed by atoms with van der Waals surface area (Å²) in [4.78, 5) is 11.3. The quantitative estimate of drug-likeness (QED) is 0.911. The summed E-state index contributed by atoms with van der Waals surface area (Å²) < 4.78 is 40.9. The molecule has 0 spiro atoms. The Bertz CT molecular complexity index is 477. The average Bonchev–Trinajstić information content (AvgIpc) is 2.36. The SMILES string of the molecule is CC(Oc1ccc(C#N)cc1)C(=O)NCC(F)(F)F. The van der Waals surface area contributed by atoms with E-state index in [4.69, 9.17) is 10.00 Å². The van der Waals surface area contributed by atoms with Gasteiger partial charge in [-0.1, -0.05) is 0 Å². The lowest BCUT2D eigenvalue weighted by molar-refractivity contribution is -0.142. The van der Waals surface area contributed by atoms with Crippen LogP contribution in [-0.2, 0) is 4.79 Å². The molecule has 0 aliphatic heterocycles. The van der Waals surface area contributed by atoms with Gasteiger partial charge in [0, 0.05) is 0 Å². The molecule has 1 aromatic carbocycles. The van der Waals surface area contributed by atoms with E-state index in [2.05, 4.69) is 0 Å². The molecule has 0 aliphatic rings. The van der Waals surface area contributed by atoms with Crippen molar-refractivity contribution in [3.05, 3.63) is 29.8 Å². The van der Waals surface area contributed by atoms with Crippen molar-refractivity contribution in [1.29, 1.82) is 5.26 Å². The first-order chi connectivity index (χ1) is 8.81. The molecule has 1 amide bonds. The maximum atomic E-state index is 11.9. The van der Waals surface area contributed by atoms with Crippen molar-refractivity contribution in [2.75, 3.05) is 6.54 Å². The summed E-state index contributed by atoms with van der Waals surface area (Å²) >= 11 is 0. The van der Waals surface area contributed by atoms with Crippen molar-refractivity contribution < 1.29 is 22.7 Å². The van der Waals surface area contributed by atoms with Gasteiger partial charge >= 0.3 is 6.18 Å². The minimum atomic E-state index is -4.45. The molecule has 0 bridgehead atoms. The zero-order chi connectivity index (χ0) is 14.5. The molecule has 0 heterocycles. The van der Waals surface area contributed by atoms with E-state index in [1.54, 1.807) is 5.32 Å². The molecule has 1 unspecified atom stereocenters. The Balaban J connectivity index is 2.51. The van der Waals surface area contributed by atoms with E-state index in [-0.39, 0.29) is 0 Å². The highest BCUT2D eigenvalue weighted by atomic mass is 19.4. The van der Waals surface area contributed by atoms with Gasteiger partial charge in [0.25, 0.3) is 5.91 Å². The molecule has 1 aromatic rings. The van der Waals surface area contributed by atoms with Gasteiger partial charge in [-0.05, 0) is 31.2 Å². The van der Waals surface area contributed by atoms with E-state index in [0.29, 0.717) is 11.3 Å². The Hall–Kier alpha value is -2.23. The predicted octanol–water partition coefficient (Wildman–Crippen LogP) is 2.00. The van der Waals surface area contributed by atoms with Crippen molar-refractivity contribution in [2.24, 2.45) is 0 Å². The number of nitrogens with one attached hydrogen (secondary N) is 1. The van der Waals surface area contributed by atoms with Crippen molar-refractivity contribution in [2.45, 2.75) is 19.2 Å². The summed E-state index contributed by atoms with van der Waals surface area (Å²) in [6.45, 7) is -0.0587. The topological polar surface area (TPSA) is 62.1 Å². The summed E-state index contributed by atoms with van der Waals surface area (Å²) in [6.07, 6.45) is -5.51. The van der Waals surface area contributed by atoms with Crippen LogP contribution in [0.5, 0.6) is 5.75 Å². The predicted molar refractivity (Wildman–Crippen MR) is 60.3 cm³/mol. The molecule has 0 aliphatic carbocycles. The fraction of sp³-hybridized carbons (Fsp3) is 0.333. The molecule has 4 nitrogen and oxygen atoms in total. The van der Waals surface area contributed by atoms with Gasteiger partial charge in [0.2, 0.25) is 0 Å². The maximum absolute atomic E-state index is 11.9. The fourth-order valence-corrected chi connectivity index (χ4v) is 1.20. The number of alkyl halides is 3. The lowest BCUT2D eigenvalue weighted by Crippen LogP contribution is -2.41. The fourth-order valence-electron chi connectivity index (χ4n) is 1.20. The number of rotatable bonds is 4. The van der Waals surface area contributed by atoms with E-state index in [1.807, 2.05) is 6.07 Å². The summed E-state index contributed by atoms with van der Waals surface area (Å²) in [7, 11) is 0. The molecule has 0 saturated heterocycles. The van der Waals surface area contributed by atoms with Crippen LogP contribution in [0.1, 0.15) is 12.5 Å². The summed E-state index contributed by atoms with van der Waals surface area (Å²) in [5.74, 6) is -0.560. The molecule has 0 saturated carbocycles. The highest BCUT2D eigenvalue weighted by Crippen LogP contribution is 2.14. The normalized spacial score (nSPS) is 12.4. The van der Waals surface area contributed by atoms with Crippen molar-refractivity contribution in [3.8, 4) is 11.8 Å². The smallest absolute Gasteiger partial charge is 0.405 e. The number of carbonyl (C=O) groups excluding carboxylic acids is 1. The number of carbonyl (C=O) groups is 1. The highest BCUT2D eigenvalue weighted by molar-refractivity contribution is 5.80. The molecule has 0 fully saturated rings. The lowest BCUT2D eigenvalue weighted by atomic mass is 10.2. The van der Waals surface area contributed by atoms with Gasteiger partial charge in [-0.2, -0.15) is 18.4 Å². The molecular weight excluding hydrogens is 261 g/mol. The van der Waals surface area contributed by atoms with E-state index < -0.39 is 24.7 Å². The Labute approximate surface area is 107 Å². The van der Waals surface area contributed by atoms with Gasteiger partial charge in [0.15, 0.2) is 6.10 Å². The van der Waals surface area contributed by atoms with Crippen LogP contribution in [0.3, 0.4) is 0 Å². The van der Waals surface area contributed by atoms with Crippen LogP contribution in [0, 0.1) is 11.3 Å². The molecule has 19 heavy (non-hydrogen) atoms. The number of benzene rings is 1. The lowest BCUT2D eigenvalue weighted by Gasteiger charge is -2.15. The number of hydrogen-bond acceptors (Lipinski definition) is 3. The van der Waals surface area contributed by atoms with Crippen LogP contribution in [0.25, 0.3) is 0 Å². The van der Waals surface area contributed by atoms with Gasteiger partial charge in [0.1, 0.15) is 12.3 Å². The molecule has 1 rings (SSSR count). The van der Waals surface area contributed by atoms with Crippen molar-refractivity contribution in [1.82, 2.24) is 5.32 Å². The van der Waals surface area contributed by atoms with Gasteiger partial charge in [-0.15, -0.1) is 0 Å². The minimum Gasteiger partial charge on any atom is -0.481 e. The third-order valence-electron chi connectivity index (χ3n) is 2.13. The molecular formula is C12H11F3N2O2. The second-order valence-corrected chi connectivity index (χ2v) is 3.73. The third-order valence-corrected chi connectivity index (χ3v) is 2.13. The van der Waals surface area contributed by atoms with Gasteiger partial charge in [0.05, 0.1) is 11.6 Å². The second kappa shape index (κ2) is 6.09.